The number of ketones is 1. The molecule has 2 aromatic carbocycles. The summed E-state index contributed by atoms with van der Waals surface area (Å²) in [4.78, 5) is 39.1. The van der Waals surface area contributed by atoms with Gasteiger partial charge in [0.05, 0.1) is 46.4 Å². The molecule has 0 aliphatic carbocycles. The summed E-state index contributed by atoms with van der Waals surface area (Å²) in [6, 6.07) is 12.8. The molecule has 4 N–H and O–H groups in total. The quantitative estimate of drug-likeness (QED) is 0.325. The highest BCUT2D eigenvalue weighted by molar-refractivity contribution is 6.13. The van der Waals surface area contributed by atoms with Crippen molar-refractivity contribution < 1.29 is 14.3 Å². The fraction of sp³-hybridized carbons (Fsp3) is 0.259. The number of hydrogen-bond acceptors (Lipinski definition) is 6. The van der Waals surface area contributed by atoms with Crippen molar-refractivity contribution in [2.45, 2.75) is 33.0 Å². The number of benzene rings is 2. The van der Waals surface area contributed by atoms with Crippen LogP contribution in [0.1, 0.15) is 46.1 Å². The number of morpholine rings is 1. The molecule has 10 heteroatoms. The normalized spacial score (nSPS) is 18.1. The molecule has 37 heavy (non-hydrogen) atoms. The summed E-state index contributed by atoms with van der Waals surface area (Å²) in [5, 5.41) is 5.13. The van der Waals surface area contributed by atoms with Crippen LogP contribution in [-0.4, -0.2) is 66.6 Å². The topological polar surface area (TPSA) is 135 Å². The predicted molar refractivity (Wildman–Crippen MR) is 140 cm³/mol. The summed E-state index contributed by atoms with van der Waals surface area (Å²) < 4.78 is 7.27. The van der Waals surface area contributed by atoms with Gasteiger partial charge in [-0.2, -0.15) is 5.10 Å². The third-order valence-electron chi connectivity index (χ3n) is 6.70. The summed E-state index contributed by atoms with van der Waals surface area (Å²) in [7, 11) is 0. The molecule has 2 unspecified atom stereocenters. The molecule has 1 amide bonds. The van der Waals surface area contributed by atoms with E-state index in [2.05, 4.69) is 20.1 Å². The maximum atomic E-state index is 13.4. The standard InChI is InChI=1S/C27H27N7O3/c1-14-12-33(13-15(2)37-14)27(36)17-4-6-21-18(8-17)9-24(32-21)25(35)20-11-29-34(26(20)28)19-5-7-22-23(10-19)31-16(3)30-22/h4-11,14-15,32H,12-13,28H2,1-3H3,(H,30,31). The van der Waals surface area contributed by atoms with Crippen molar-refractivity contribution in [2.75, 3.05) is 18.8 Å². The molecule has 6 rings (SSSR count). The fourth-order valence-corrected chi connectivity index (χ4v) is 5.05. The monoisotopic (exact) mass is 497 g/mol. The summed E-state index contributed by atoms with van der Waals surface area (Å²) in [6.07, 6.45) is 1.45. The molecule has 0 radical (unpaired) electrons. The van der Waals surface area contributed by atoms with Crippen LogP contribution in [0, 0.1) is 6.92 Å². The van der Waals surface area contributed by atoms with Gasteiger partial charge in [-0.25, -0.2) is 9.67 Å². The highest BCUT2D eigenvalue weighted by atomic mass is 16.5. The molecule has 188 valence electrons. The summed E-state index contributed by atoms with van der Waals surface area (Å²) in [5.41, 5.74) is 10.8. The average molecular weight is 498 g/mol. The van der Waals surface area contributed by atoms with Crippen molar-refractivity contribution in [3.8, 4) is 5.69 Å². The first-order chi connectivity index (χ1) is 17.8. The number of ether oxygens (including phenoxy) is 1. The van der Waals surface area contributed by atoms with Crippen LogP contribution in [0.25, 0.3) is 27.6 Å². The van der Waals surface area contributed by atoms with Crippen molar-refractivity contribution in [3.05, 3.63) is 71.3 Å². The number of imidazole rings is 1. The van der Waals surface area contributed by atoms with Gasteiger partial charge in [0.1, 0.15) is 11.6 Å². The molecule has 5 aromatic rings. The average Bonchev–Trinajstić information content (AvgIpc) is 3.57. The van der Waals surface area contributed by atoms with Gasteiger partial charge in [-0.05, 0) is 63.2 Å². The van der Waals surface area contributed by atoms with Crippen LogP contribution in [0.5, 0.6) is 0 Å². The van der Waals surface area contributed by atoms with E-state index in [-0.39, 0.29) is 35.3 Å². The molecule has 0 saturated carbocycles. The van der Waals surface area contributed by atoms with E-state index in [0.717, 1.165) is 27.8 Å². The van der Waals surface area contributed by atoms with Gasteiger partial charge in [0, 0.05) is 29.6 Å². The Labute approximate surface area is 212 Å². The van der Waals surface area contributed by atoms with E-state index in [1.54, 1.807) is 12.1 Å². The molecule has 1 aliphatic heterocycles. The Bertz CT molecular complexity index is 1670. The van der Waals surface area contributed by atoms with Gasteiger partial charge in [-0.3, -0.25) is 9.59 Å². The molecule has 1 fully saturated rings. The van der Waals surface area contributed by atoms with Gasteiger partial charge >= 0.3 is 0 Å². The Morgan fingerprint density at radius 1 is 1.03 bits per heavy atom. The smallest absolute Gasteiger partial charge is 0.254 e. The van der Waals surface area contributed by atoms with Crippen LogP contribution >= 0.6 is 0 Å². The lowest BCUT2D eigenvalue weighted by Crippen LogP contribution is -2.48. The van der Waals surface area contributed by atoms with E-state index in [1.165, 1.54) is 10.9 Å². The van der Waals surface area contributed by atoms with E-state index in [0.29, 0.717) is 30.0 Å². The first kappa shape index (κ1) is 23.0. The van der Waals surface area contributed by atoms with Gasteiger partial charge in [-0.1, -0.05) is 0 Å². The number of amides is 1. The van der Waals surface area contributed by atoms with Crippen molar-refractivity contribution in [1.82, 2.24) is 29.6 Å². The van der Waals surface area contributed by atoms with E-state index >= 15 is 0 Å². The lowest BCUT2D eigenvalue weighted by molar-refractivity contribution is -0.0586. The number of carbonyl (C=O) groups is 2. The molecule has 1 aliphatic rings. The summed E-state index contributed by atoms with van der Waals surface area (Å²) in [6.45, 7) is 6.92. The van der Waals surface area contributed by atoms with Crippen LogP contribution in [0.4, 0.5) is 5.82 Å². The molecule has 10 nitrogen and oxygen atoms in total. The molecule has 4 heterocycles. The number of aromatic nitrogens is 5. The number of aryl methyl sites for hydroxylation is 1. The number of aromatic amines is 2. The number of nitrogens with two attached hydrogens (primary N) is 1. The zero-order chi connectivity index (χ0) is 25.8. The fourth-order valence-electron chi connectivity index (χ4n) is 5.05. The number of H-pyrrole nitrogens is 2. The minimum Gasteiger partial charge on any atom is -0.383 e. The van der Waals surface area contributed by atoms with Crippen LogP contribution in [0.3, 0.4) is 0 Å². The van der Waals surface area contributed by atoms with Crippen LogP contribution in [0.15, 0.2) is 48.7 Å². The molecular formula is C27H27N7O3. The number of fused-ring (bicyclic) bond motifs is 2. The first-order valence-corrected chi connectivity index (χ1v) is 12.2. The SMILES string of the molecule is Cc1nc2cc(-n3ncc(C(=O)c4cc5cc(C(=O)N6CC(C)OC(C)C6)ccc5[nH]4)c3N)ccc2[nH]1. The zero-order valence-corrected chi connectivity index (χ0v) is 20.8. The highest BCUT2D eigenvalue weighted by Gasteiger charge is 2.27. The van der Waals surface area contributed by atoms with Crippen molar-refractivity contribution in [3.63, 3.8) is 0 Å². The molecule has 0 spiro atoms. The van der Waals surface area contributed by atoms with E-state index < -0.39 is 0 Å². The molecule has 1 saturated heterocycles. The first-order valence-electron chi connectivity index (χ1n) is 12.2. The van der Waals surface area contributed by atoms with Gasteiger partial charge < -0.3 is 25.3 Å². The van der Waals surface area contributed by atoms with Crippen LogP contribution in [0.2, 0.25) is 0 Å². The Kier molecular flexibility index (Phi) is 5.34. The lowest BCUT2D eigenvalue weighted by atomic mass is 10.1. The van der Waals surface area contributed by atoms with Crippen molar-refractivity contribution in [1.29, 1.82) is 0 Å². The number of anilines is 1. The van der Waals surface area contributed by atoms with Crippen molar-refractivity contribution >= 4 is 39.4 Å². The molecule has 3 aromatic heterocycles. The summed E-state index contributed by atoms with van der Waals surface area (Å²) in [5.74, 6) is 0.726. The Morgan fingerprint density at radius 2 is 1.78 bits per heavy atom. The third-order valence-corrected chi connectivity index (χ3v) is 6.70. The summed E-state index contributed by atoms with van der Waals surface area (Å²) >= 11 is 0. The number of nitrogens with zero attached hydrogens (tertiary/aromatic N) is 4. The second kappa shape index (κ2) is 8.59. The Morgan fingerprint density at radius 3 is 2.57 bits per heavy atom. The second-order valence-corrected chi connectivity index (χ2v) is 9.66. The predicted octanol–water partition coefficient (Wildman–Crippen LogP) is 3.60. The van der Waals surface area contributed by atoms with Crippen LogP contribution < -0.4 is 5.73 Å². The maximum absolute atomic E-state index is 13.4. The molecule has 0 bridgehead atoms. The number of nitrogens with one attached hydrogen (secondary N) is 2. The van der Waals surface area contributed by atoms with E-state index in [1.807, 2.05) is 56.0 Å². The number of hydrogen-bond donors (Lipinski definition) is 3. The number of rotatable bonds is 4. The molecule has 2 atom stereocenters. The minimum absolute atomic E-state index is 0.00963. The highest BCUT2D eigenvalue weighted by Crippen LogP contribution is 2.25. The minimum atomic E-state index is -0.277. The Hall–Kier alpha value is -4.44. The largest absolute Gasteiger partial charge is 0.383 e. The second-order valence-electron chi connectivity index (χ2n) is 9.66. The van der Waals surface area contributed by atoms with Gasteiger partial charge in [0.15, 0.2) is 0 Å². The lowest BCUT2D eigenvalue weighted by Gasteiger charge is -2.35. The number of carbonyl (C=O) groups excluding carboxylic acids is 2. The van der Waals surface area contributed by atoms with Gasteiger partial charge in [0.25, 0.3) is 5.91 Å². The number of nitrogen functional groups attached to an aromatic ring is 1. The third kappa shape index (κ3) is 4.05. The van der Waals surface area contributed by atoms with E-state index in [9.17, 15) is 9.59 Å². The zero-order valence-electron chi connectivity index (χ0n) is 20.8. The van der Waals surface area contributed by atoms with Crippen LogP contribution in [-0.2, 0) is 4.74 Å². The van der Waals surface area contributed by atoms with Crippen molar-refractivity contribution in [2.24, 2.45) is 0 Å². The van der Waals surface area contributed by atoms with Gasteiger partial charge in [0.2, 0.25) is 5.78 Å². The maximum Gasteiger partial charge on any atom is 0.254 e. The van der Waals surface area contributed by atoms with Gasteiger partial charge in [-0.15, -0.1) is 0 Å². The molecular weight excluding hydrogens is 470 g/mol. The Balaban J connectivity index is 1.28. The van der Waals surface area contributed by atoms with E-state index in [4.69, 9.17) is 10.5 Å².